The fourth-order valence-corrected chi connectivity index (χ4v) is 5.66. The summed E-state index contributed by atoms with van der Waals surface area (Å²) in [6, 6.07) is 16.0. The minimum atomic E-state index is -0.0483. The van der Waals surface area contributed by atoms with Crippen molar-refractivity contribution in [1.29, 1.82) is 0 Å². The van der Waals surface area contributed by atoms with E-state index in [0.717, 1.165) is 60.8 Å². The number of carbonyl (C=O) groups excluding carboxylic acids is 1. The number of hydrogen-bond acceptors (Lipinski definition) is 4. The van der Waals surface area contributed by atoms with Gasteiger partial charge >= 0.3 is 0 Å². The highest BCUT2D eigenvalue weighted by Crippen LogP contribution is 2.23. The van der Waals surface area contributed by atoms with Crippen molar-refractivity contribution >= 4 is 40.9 Å². The maximum atomic E-state index is 12.7. The largest absolute Gasteiger partial charge is 0.331 e. The zero-order chi connectivity index (χ0) is 20.9. The standard InChI is InChI=1S/C23H27Cl2N3OS/c24-20-5-1-3-17(9-20)13-27(14-18-4-2-6-21(25)10-18)15-19-11-22(26-12-19)23(29)28-7-8-30-16-28/h1-6,9-10,19,22,26H,7-8,11-16H2. The van der Waals surface area contributed by atoms with Crippen molar-refractivity contribution in [1.82, 2.24) is 15.1 Å². The average Bonchev–Trinajstić information content (AvgIpc) is 3.40. The molecule has 4 nitrogen and oxygen atoms in total. The van der Waals surface area contributed by atoms with E-state index in [2.05, 4.69) is 22.3 Å². The highest BCUT2D eigenvalue weighted by Gasteiger charge is 2.34. The molecular weight excluding hydrogens is 437 g/mol. The van der Waals surface area contributed by atoms with Crippen LogP contribution in [0.1, 0.15) is 17.5 Å². The summed E-state index contributed by atoms with van der Waals surface area (Å²) in [6.45, 7) is 4.29. The van der Waals surface area contributed by atoms with Gasteiger partial charge in [0, 0.05) is 42.0 Å². The van der Waals surface area contributed by atoms with Gasteiger partial charge in [0.2, 0.25) is 5.91 Å². The minimum Gasteiger partial charge on any atom is -0.331 e. The average molecular weight is 464 g/mol. The summed E-state index contributed by atoms with van der Waals surface area (Å²) in [4.78, 5) is 17.2. The van der Waals surface area contributed by atoms with Gasteiger partial charge in [0.25, 0.3) is 0 Å². The molecule has 2 aliphatic rings. The Morgan fingerprint density at radius 1 is 1.10 bits per heavy atom. The van der Waals surface area contributed by atoms with E-state index >= 15 is 0 Å². The zero-order valence-corrected chi connectivity index (χ0v) is 19.2. The van der Waals surface area contributed by atoms with Crippen LogP contribution < -0.4 is 5.32 Å². The Morgan fingerprint density at radius 3 is 2.33 bits per heavy atom. The lowest BCUT2D eigenvalue weighted by molar-refractivity contribution is -0.131. The van der Waals surface area contributed by atoms with E-state index < -0.39 is 0 Å². The molecule has 2 fully saturated rings. The number of halogens is 2. The first kappa shape index (κ1) is 22.0. The zero-order valence-electron chi connectivity index (χ0n) is 16.9. The first-order valence-electron chi connectivity index (χ1n) is 10.4. The quantitative estimate of drug-likeness (QED) is 0.655. The summed E-state index contributed by atoms with van der Waals surface area (Å²) in [6.07, 6.45) is 0.890. The molecule has 0 saturated carbocycles. The lowest BCUT2D eigenvalue weighted by Gasteiger charge is -2.26. The minimum absolute atomic E-state index is 0.0483. The number of benzene rings is 2. The van der Waals surface area contributed by atoms with E-state index in [-0.39, 0.29) is 11.9 Å². The summed E-state index contributed by atoms with van der Waals surface area (Å²) >= 11 is 14.2. The Labute approximate surface area is 192 Å². The molecule has 2 aromatic carbocycles. The monoisotopic (exact) mass is 463 g/mol. The molecular formula is C23H27Cl2N3OS. The summed E-state index contributed by atoms with van der Waals surface area (Å²) < 4.78 is 0. The van der Waals surface area contributed by atoms with Crippen molar-refractivity contribution in [3.05, 3.63) is 69.7 Å². The first-order valence-corrected chi connectivity index (χ1v) is 12.3. The van der Waals surface area contributed by atoms with Crippen molar-refractivity contribution in [2.45, 2.75) is 25.6 Å². The van der Waals surface area contributed by atoms with Gasteiger partial charge in [-0.25, -0.2) is 0 Å². The molecule has 1 amide bonds. The molecule has 2 aromatic rings. The van der Waals surface area contributed by atoms with Crippen LogP contribution in [0.2, 0.25) is 10.0 Å². The van der Waals surface area contributed by atoms with Crippen molar-refractivity contribution in [3.63, 3.8) is 0 Å². The molecule has 0 aliphatic carbocycles. The van der Waals surface area contributed by atoms with E-state index in [1.54, 1.807) is 0 Å². The Bertz CT molecular complexity index is 828. The third kappa shape index (κ3) is 5.92. The van der Waals surface area contributed by atoms with Crippen LogP contribution in [0, 0.1) is 5.92 Å². The van der Waals surface area contributed by atoms with Crippen LogP contribution in [0.5, 0.6) is 0 Å². The van der Waals surface area contributed by atoms with Gasteiger partial charge in [0.15, 0.2) is 0 Å². The highest BCUT2D eigenvalue weighted by atomic mass is 35.5. The van der Waals surface area contributed by atoms with Gasteiger partial charge in [0.1, 0.15) is 0 Å². The third-order valence-electron chi connectivity index (χ3n) is 5.69. The molecule has 1 N–H and O–H groups in total. The lowest BCUT2D eigenvalue weighted by Crippen LogP contribution is -2.42. The molecule has 160 valence electrons. The predicted molar refractivity (Wildman–Crippen MR) is 126 cm³/mol. The van der Waals surface area contributed by atoms with E-state index in [4.69, 9.17) is 23.2 Å². The van der Waals surface area contributed by atoms with E-state index in [9.17, 15) is 4.79 Å². The number of thioether (sulfide) groups is 1. The van der Waals surface area contributed by atoms with Crippen LogP contribution in [0.4, 0.5) is 0 Å². The molecule has 4 rings (SSSR count). The fourth-order valence-electron chi connectivity index (χ4n) is 4.28. The van der Waals surface area contributed by atoms with Crippen LogP contribution in [0.25, 0.3) is 0 Å². The van der Waals surface area contributed by atoms with E-state index in [0.29, 0.717) is 5.92 Å². The SMILES string of the molecule is O=C(C1CC(CN(Cc2cccc(Cl)c2)Cc2cccc(Cl)c2)CN1)N1CCSC1. The molecule has 2 saturated heterocycles. The molecule has 0 spiro atoms. The van der Waals surface area contributed by atoms with Gasteiger partial charge in [-0.2, -0.15) is 0 Å². The van der Waals surface area contributed by atoms with Gasteiger partial charge in [-0.15, -0.1) is 11.8 Å². The van der Waals surface area contributed by atoms with Gasteiger partial charge < -0.3 is 10.2 Å². The van der Waals surface area contributed by atoms with Crippen LogP contribution in [-0.2, 0) is 17.9 Å². The number of nitrogens with one attached hydrogen (secondary N) is 1. The second-order valence-corrected chi connectivity index (χ2v) is 10.1. The molecule has 30 heavy (non-hydrogen) atoms. The van der Waals surface area contributed by atoms with Crippen molar-refractivity contribution in [2.24, 2.45) is 5.92 Å². The van der Waals surface area contributed by atoms with Gasteiger partial charge in [-0.05, 0) is 54.3 Å². The second-order valence-electron chi connectivity index (χ2n) is 8.13. The number of rotatable bonds is 7. The molecule has 0 bridgehead atoms. The summed E-state index contributed by atoms with van der Waals surface area (Å²) in [5, 5.41) is 4.98. The number of carbonyl (C=O) groups is 1. The molecule has 2 aliphatic heterocycles. The van der Waals surface area contributed by atoms with E-state index in [1.165, 1.54) is 11.1 Å². The molecule has 0 radical (unpaired) electrons. The van der Waals surface area contributed by atoms with Gasteiger partial charge in [-0.3, -0.25) is 9.69 Å². The molecule has 2 atom stereocenters. The van der Waals surface area contributed by atoms with Crippen molar-refractivity contribution in [2.75, 3.05) is 31.3 Å². The summed E-state index contributed by atoms with van der Waals surface area (Å²) in [5.74, 6) is 2.58. The maximum Gasteiger partial charge on any atom is 0.240 e. The first-order chi connectivity index (χ1) is 14.6. The predicted octanol–water partition coefficient (Wildman–Crippen LogP) is 4.51. The maximum absolute atomic E-state index is 12.7. The molecule has 7 heteroatoms. The Kier molecular flexibility index (Phi) is 7.60. The van der Waals surface area contributed by atoms with Crippen molar-refractivity contribution < 1.29 is 4.79 Å². The van der Waals surface area contributed by atoms with Crippen LogP contribution in [0.15, 0.2) is 48.5 Å². The molecule has 2 unspecified atom stereocenters. The third-order valence-corrected chi connectivity index (χ3v) is 7.13. The Balaban J connectivity index is 1.42. The van der Waals surface area contributed by atoms with Crippen LogP contribution in [-0.4, -0.2) is 53.0 Å². The number of hydrogen-bond donors (Lipinski definition) is 1. The summed E-state index contributed by atoms with van der Waals surface area (Å²) in [5.41, 5.74) is 2.38. The Morgan fingerprint density at radius 2 is 1.77 bits per heavy atom. The topological polar surface area (TPSA) is 35.6 Å². The fraction of sp³-hybridized carbons (Fsp3) is 0.435. The normalized spacial score (nSPS) is 21.5. The van der Waals surface area contributed by atoms with Gasteiger partial charge in [-0.1, -0.05) is 47.5 Å². The highest BCUT2D eigenvalue weighted by molar-refractivity contribution is 7.99. The van der Waals surface area contributed by atoms with E-state index in [1.807, 2.05) is 53.1 Å². The Hall–Kier alpha value is -1.24. The van der Waals surface area contributed by atoms with Crippen LogP contribution >= 0.6 is 35.0 Å². The number of amides is 1. The van der Waals surface area contributed by atoms with Crippen molar-refractivity contribution in [3.8, 4) is 0 Å². The smallest absolute Gasteiger partial charge is 0.240 e. The molecule has 0 aromatic heterocycles. The second kappa shape index (κ2) is 10.4. The van der Waals surface area contributed by atoms with Gasteiger partial charge in [0.05, 0.1) is 11.9 Å². The number of nitrogens with zero attached hydrogens (tertiary/aromatic N) is 2. The summed E-state index contributed by atoms with van der Waals surface area (Å²) in [7, 11) is 0. The molecule has 2 heterocycles. The lowest BCUT2D eigenvalue weighted by atomic mass is 10.0. The van der Waals surface area contributed by atoms with Crippen LogP contribution in [0.3, 0.4) is 0 Å².